The van der Waals surface area contributed by atoms with Crippen LogP contribution < -0.4 is 15.0 Å². The maximum atomic E-state index is 13.1. The first-order valence-electron chi connectivity index (χ1n) is 12.0. The summed E-state index contributed by atoms with van der Waals surface area (Å²) < 4.78 is 131. The summed E-state index contributed by atoms with van der Waals surface area (Å²) in [5.41, 5.74) is -3.28. The molecule has 1 aliphatic heterocycles. The summed E-state index contributed by atoms with van der Waals surface area (Å²) in [6, 6.07) is 2.45. The highest BCUT2D eigenvalue weighted by molar-refractivity contribution is 5.90. The van der Waals surface area contributed by atoms with Crippen molar-refractivity contribution in [3.05, 3.63) is 58.7 Å². The van der Waals surface area contributed by atoms with E-state index in [0.29, 0.717) is 12.1 Å². The second kappa shape index (κ2) is 11.9. The number of benzene rings is 2. The number of hydrogen-bond acceptors (Lipinski definition) is 5. The Morgan fingerprint density at radius 2 is 1.54 bits per heavy atom. The van der Waals surface area contributed by atoms with E-state index in [4.69, 9.17) is 9.47 Å². The molecule has 16 heteroatoms. The number of fused-ring (bicyclic) bond motifs is 1. The van der Waals surface area contributed by atoms with Gasteiger partial charge >= 0.3 is 30.9 Å². The molecule has 0 saturated carbocycles. The van der Waals surface area contributed by atoms with Crippen molar-refractivity contribution in [1.82, 2.24) is 5.32 Å². The van der Waals surface area contributed by atoms with Gasteiger partial charge in [0, 0.05) is 18.0 Å². The number of carbonyl (C=O) groups excluding carboxylic acids is 2. The lowest BCUT2D eigenvalue weighted by molar-refractivity contribution is -0.274. The largest absolute Gasteiger partial charge is 0.573 e. The van der Waals surface area contributed by atoms with E-state index in [1.807, 2.05) is 0 Å². The van der Waals surface area contributed by atoms with E-state index in [1.165, 1.54) is 11.0 Å². The molecule has 0 spiro atoms. The minimum atomic E-state index is -5.05. The SMILES string of the molecule is CCOC(=O)N1c2ccc(OC(F)(F)F)cc2[C@@H](NC(=O)OCCc2cc(C(F)(F)F)cc(C(F)(F)F)c2)C[C@H]1C. The van der Waals surface area contributed by atoms with Gasteiger partial charge in [-0.1, -0.05) is 0 Å². The number of alkyl carbamates (subject to hydrolysis) is 1. The van der Waals surface area contributed by atoms with Crippen LogP contribution in [0.15, 0.2) is 36.4 Å². The summed E-state index contributed by atoms with van der Waals surface area (Å²) in [4.78, 5) is 26.2. The molecule has 0 bridgehead atoms. The summed E-state index contributed by atoms with van der Waals surface area (Å²) >= 11 is 0. The predicted molar refractivity (Wildman–Crippen MR) is 124 cm³/mol. The van der Waals surface area contributed by atoms with Crippen LogP contribution in [-0.2, 0) is 28.2 Å². The second-order valence-electron chi connectivity index (χ2n) is 8.92. The Labute approximate surface area is 227 Å². The third kappa shape index (κ3) is 8.33. The number of rotatable bonds is 6. The number of nitrogens with zero attached hydrogens (tertiary/aromatic N) is 1. The highest BCUT2D eigenvalue weighted by atomic mass is 19.4. The molecule has 0 aliphatic carbocycles. The van der Waals surface area contributed by atoms with E-state index in [9.17, 15) is 49.1 Å². The first-order valence-corrected chi connectivity index (χ1v) is 12.0. The van der Waals surface area contributed by atoms with Crippen molar-refractivity contribution >= 4 is 17.9 Å². The molecule has 2 amide bonds. The molecule has 1 N–H and O–H groups in total. The molecule has 2 atom stereocenters. The van der Waals surface area contributed by atoms with Crippen LogP contribution in [-0.4, -0.2) is 37.8 Å². The van der Waals surface area contributed by atoms with Gasteiger partial charge in [0.15, 0.2) is 0 Å². The number of halogens is 9. The fraction of sp³-hybridized carbons (Fsp3) is 0.440. The summed E-state index contributed by atoms with van der Waals surface area (Å²) in [5, 5.41) is 2.41. The van der Waals surface area contributed by atoms with E-state index in [0.717, 1.165) is 12.1 Å². The number of hydrogen-bond donors (Lipinski definition) is 1. The molecular formula is C25H23F9N2O5. The lowest BCUT2D eigenvalue weighted by Gasteiger charge is -2.38. The van der Waals surface area contributed by atoms with Gasteiger partial charge in [-0.15, -0.1) is 13.2 Å². The standard InChI is InChI=1S/C25H23F9N2O5/c1-3-39-22(38)36-13(2)8-19(18-12-17(4-5-20(18)36)41-25(32,33)34)35-21(37)40-7-6-14-9-15(23(26,27)28)11-16(10-14)24(29,30)31/h4-5,9-13,19H,3,6-8H2,1-2H3,(H,35,37)/t13-,19+/m1/s1. The van der Waals surface area contributed by atoms with Crippen molar-refractivity contribution in [2.45, 2.75) is 57.5 Å². The zero-order valence-corrected chi connectivity index (χ0v) is 21.3. The van der Waals surface area contributed by atoms with Crippen LogP contribution in [0.4, 0.5) is 54.8 Å². The van der Waals surface area contributed by atoms with E-state index in [2.05, 4.69) is 10.1 Å². The average Bonchev–Trinajstić information content (AvgIpc) is 2.82. The van der Waals surface area contributed by atoms with Gasteiger partial charge in [-0.2, -0.15) is 26.3 Å². The molecule has 0 unspecified atom stereocenters. The van der Waals surface area contributed by atoms with Crippen molar-refractivity contribution in [3.8, 4) is 5.75 Å². The Morgan fingerprint density at radius 1 is 0.927 bits per heavy atom. The van der Waals surface area contributed by atoms with Crippen LogP contribution in [0.1, 0.15) is 48.6 Å². The average molecular weight is 602 g/mol. The molecule has 0 aromatic heterocycles. The summed E-state index contributed by atoms with van der Waals surface area (Å²) in [6.45, 7) is 2.53. The monoisotopic (exact) mass is 602 g/mol. The molecule has 2 aromatic rings. The van der Waals surface area contributed by atoms with Gasteiger partial charge in [0.25, 0.3) is 0 Å². The van der Waals surface area contributed by atoms with E-state index in [-0.39, 0.29) is 30.3 Å². The van der Waals surface area contributed by atoms with Gasteiger partial charge in [-0.3, -0.25) is 4.90 Å². The Kier molecular flexibility index (Phi) is 9.23. The van der Waals surface area contributed by atoms with Gasteiger partial charge in [0.1, 0.15) is 5.75 Å². The predicted octanol–water partition coefficient (Wildman–Crippen LogP) is 7.39. The van der Waals surface area contributed by atoms with E-state index >= 15 is 0 Å². The fourth-order valence-electron chi connectivity index (χ4n) is 4.26. The van der Waals surface area contributed by atoms with Crippen molar-refractivity contribution in [3.63, 3.8) is 0 Å². The van der Waals surface area contributed by atoms with Gasteiger partial charge in [-0.25, -0.2) is 9.59 Å². The van der Waals surface area contributed by atoms with Crippen LogP contribution in [0, 0.1) is 0 Å². The third-order valence-electron chi connectivity index (χ3n) is 5.91. The number of alkyl halides is 9. The van der Waals surface area contributed by atoms with Crippen molar-refractivity contribution in [2.24, 2.45) is 0 Å². The molecule has 1 heterocycles. The lowest BCUT2D eigenvalue weighted by Crippen LogP contribution is -2.46. The lowest BCUT2D eigenvalue weighted by atomic mass is 9.92. The minimum Gasteiger partial charge on any atom is -0.449 e. The van der Waals surface area contributed by atoms with Crippen LogP contribution in [0.3, 0.4) is 0 Å². The highest BCUT2D eigenvalue weighted by Gasteiger charge is 2.38. The van der Waals surface area contributed by atoms with Crippen molar-refractivity contribution < 1.29 is 63.3 Å². The molecule has 1 aliphatic rings. The molecule has 0 fully saturated rings. The number of nitrogens with one attached hydrogen (secondary N) is 1. The molecule has 2 aromatic carbocycles. The van der Waals surface area contributed by atoms with Crippen LogP contribution in [0.5, 0.6) is 5.75 Å². The molecule has 226 valence electrons. The Bertz CT molecular complexity index is 1230. The van der Waals surface area contributed by atoms with Gasteiger partial charge in [-0.05, 0) is 62.2 Å². The van der Waals surface area contributed by atoms with Gasteiger partial charge < -0.3 is 19.5 Å². The third-order valence-corrected chi connectivity index (χ3v) is 5.91. The van der Waals surface area contributed by atoms with Crippen LogP contribution in [0.25, 0.3) is 0 Å². The topological polar surface area (TPSA) is 77.1 Å². The van der Waals surface area contributed by atoms with Gasteiger partial charge in [0.05, 0.1) is 36.1 Å². The van der Waals surface area contributed by atoms with Crippen molar-refractivity contribution in [2.75, 3.05) is 18.1 Å². The number of anilines is 1. The molecule has 41 heavy (non-hydrogen) atoms. The summed E-state index contributed by atoms with van der Waals surface area (Å²) in [5.74, 6) is -0.639. The second-order valence-corrected chi connectivity index (χ2v) is 8.92. The van der Waals surface area contributed by atoms with E-state index < -0.39 is 78.5 Å². The molecule has 0 radical (unpaired) electrons. The maximum absolute atomic E-state index is 13.1. The Hall–Kier alpha value is -3.85. The fourth-order valence-corrected chi connectivity index (χ4v) is 4.26. The molecular weight excluding hydrogens is 579 g/mol. The number of ether oxygens (including phenoxy) is 3. The summed E-state index contributed by atoms with van der Waals surface area (Å²) in [7, 11) is 0. The van der Waals surface area contributed by atoms with Crippen LogP contribution >= 0.6 is 0 Å². The van der Waals surface area contributed by atoms with Gasteiger partial charge in [0.2, 0.25) is 0 Å². The maximum Gasteiger partial charge on any atom is 0.573 e. The van der Waals surface area contributed by atoms with Crippen molar-refractivity contribution in [1.29, 1.82) is 0 Å². The quantitative estimate of drug-likeness (QED) is 0.349. The zero-order chi connectivity index (χ0) is 30.8. The molecule has 7 nitrogen and oxygen atoms in total. The first kappa shape index (κ1) is 31.7. The Morgan fingerprint density at radius 3 is 2.07 bits per heavy atom. The first-order chi connectivity index (χ1) is 18.9. The smallest absolute Gasteiger partial charge is 0.449 e. The normalized spacial score (nSPS) is 17.5. The Balaban J connectivity index is 1.78. The van der Waals surface area contributed by atoms with E-state index in [1.54, 1.807) is 13.8 Å². The van der Waals surface area contributed by atoms with Crippen LogP contribution in [0.2, 0.25) is 0 Å². The molecule has 0 saturated heterocycles. The summed E-state index contributed by atoms with van der Waals surface area (Å²) in [6.07, 6.45) is -17.6. The highest BCUT2D eigenvalue weighted by Crippen LogP contribution is 2.41. The number of carbonyl (C=O) groups is 2. The minimum absolute atomic E-state index is 0.0109. The number of amides is 2. The molecule has 3 rings (SSSR count). The zero-order valence-electron chi connectivity index (χ0n) is 21.3.